The molecule has 0 aromatic heterocycles. The van der Waals surface area contributed by atoms with E-state index in [1.807, 2.05) is 0 Å². The third kappa shape index (κ3) is 1.46. The molecule has 1 amide bonds. The van der Waals surface area contributed by atoms with Gasteiger partial charge in [0.1, 0.15) is 0 Å². The van der Waals surface area contributed by atoms with Gasteiger partial charge < -0.3 is 10.1 Å². The van der Waals surface area contributed by atoms with Crippen LogP contribution in [0.5, 0.6) is 0 Å². The lowest BCUT2D eigenvalue weighted by Crippen LogP contribution is -2.64. The second-order valence-electron chi connectivity index (χ2n) is 4.36. The van der Waals surface area contributed by atoms with E-state index < -0.39 is 0 Å². The van der Waals surface area contributed by atoms with Gasteiger partial charge in [0.05, 0.1) is 18.1 Å². The van der Waals surface area contributed by atoms with Gasteiger partial charge in [-0.15, -0.1) is 0 Å². The van der Waals surface area contributed by atoms with Crippen LogP contribution in [0, 0.1) is 11.8 Å². The van der Waals surface area contributed by atoms with Crippen LogP contribution in [0.15, 0.2) is 0 Å². The lowest BCUT2D eigenvalue weighted by molar-refractivity contribution is -0.142. The van der Waals surface area contributed by atoms with Gasteiger partial charge in [0.15, 0.2) is 0 Å². The van der Waals surface area contributed by atoms with E-state index in [0.717, 1.165) is 19.4 Å². The molecule has 0 spiro atoms. The van der Waals surface area contributed by atoms with Crippen LogP contribution in [0.25, 0.3) is 0 Å². The molecule has 13 heavy (non-hydrogen) atoms. The highest BCUT2D eigenvalue weighted by molar-refractivity contribution is 5.86. The molecule has 74 valence electrons. The van der Waals surface area contributed by atoms with Gasteiger partial charge in [0, 0.05) is 6.61 Å². The highest BCUT2D eigenvalue weighted by atomic mass is 16.5. The maximum atomic E-state index is 11.3. The molecule has 2 aliphatic heterocycles. The van der Waals surface area contributed by atoms with Gasteiger partial charge in [0.25, 0.3) is 0 Å². The first kappa shape index (κ1) is 9.00. The zero-order chi connectivity index (χ0) is 9.42. The Hall–Kier alpha value is -0.570. The molecule has 2 heterocycles. The highest BCUT2D eigenvalue weighted by Crippen LogP contribution is 2.31. The second-order valence-corrected chi connectivity index (χ2v) is 4.36. The summed E-state index contributed by atoms with van der Waals surface area (Å²) in [6.07, 6.45) is 2.53. The molecular weight excluding hydrogens is 166 g/mol. The highest BCUT2D eigenvalue weighted by Gasteiger charge is 2.46. The number of nitrogens with one attached hydrogen (secondary N) is 1. The minimum Gasteiger partial charge on any atom is -0.376 e. The van der Waals surface area contributed by atoms with Crippen LogP contribution >= 0.6 is 0 Å². The van der Waals surface area contributed by atoms with E-state index in [1.54, 1.807) is 0 Å². The summed E-state index contributed by atoms with van der Waals surface area (Å²) >= 11 is 0. The first-order valence-corrected chi connectivity index (χ1v) is 5.12. The summed E-state index contributed by atoms with van der Waals surface area (Å²) in [5.74, 6) is 0.821. The number of hydrogen-bond acceptors (Lipinski definition) is 2. The third-order valence-corrected chi connectivity index (χ3v) is 3.08. The Labute approximate surface area is 78.8 Å². The third-order valence-electron chi connectivity index (χ3n) is 3.08. The average molecular weight is 183 g/mol. The Morgan fingerprint density at radius 2 is 2.31 bits per heavy atom. The van der Waals surface area contributed by atoms with Crippen LogP contribution in [0.3, 0.4) is 0 Å². The van der Waals surface area contributed by atoms with E-state index >= 15 is 0 Å². The van der Waals surface area contributed by atoms with Gasteiger partial charge in [-0.1, -0.05) is 13.8 Å². The zero-order valence-electron chi connectivity index (χ0n) is 8.25. The standard InChI is InChI=1S/C10H17NO2/c1-6(2)8-9(11-10(8)12)7-4-3-5-13-7/h6-9H,3-5H2,1-2H3,(H,11,12). The van der Waals surface area contributed by atoms with Crippen LogP contribution in [0.4, 0.5) is 0 Å². The van der Waals surface area contributed by atoms with Crippen LogP contribution < -0.4 is 5.32 Å². The molecule has 0 saturated carbocycles. The molecule has 3 nitrogen and oxygen atoms in total. The monoisotopic (exact) mass is 183 g/mol. The molecule has 2 aliphatic rings. The molecule has 0 aromatic rings. The van der Waals surface area contributed by atoms with Crippen molar-refractivity contribution >= 4 is 5.91 Å². The molecule has 3 heteroatoms. The van der Waals surface area contributed by atoms with Crippen molar-refractivity contribution in [2.75, 3.05) is 6.61 Å². The van der Waals surface area contributed by atoms with Crippen LogP contribution in [0.2, 0.25) is 0 Å². The number of rotatable bonds is 2. The first-order chi connectivity index (χ1) is 6.20. The summed E-state index contributed by atoms with van der Waals surface area (Å²) < 4.78 is 5.57. The fourth-order valence-corrected chi connectivity index (χ4v) is 2.34. The van der Waals surface area contributed by atoms with E-state index in [-0.39, 0.29) is 24.0 Å². The van der Waals surface area contributed by atoms with E-state index in [4.69, 9.17) is 4.74 Å². The Morgan fingerprint density at radius 1 is 1.54 bits per heavy atom. The summed E-state index contributed by atoms with van der Waals surface area (Å²) in [6, 6.07) is 0.287. The van der Waals surface area contributed by atoms with Crippen molar-refractivity contribution in [3.05, 3.63) is 0 Å². The summed E-state index contributed by atoms with van der Waals surface area (Å²) in [4.78, 5) is 11.3. The quantitative estimate of drug-likeness (QED) is 0.647. The van der Waals surface area contributed by atoms with Crippen molar-refractivity contribution < 1.29 is 9.53 Å². The average Bonchev–Trinajstić information content (AvgIpc) is 2.50. The van der Waals surface area contributed by atoms with Crippen molar-refractivity contribution in [3.63, 3.8) is 0 Å². The maximum absolute atomic E-state index is 11.3. The van der Waals surface area contributed by atoms with Gasteiger partial charge in [0.2, 0.25) is 5.91 Å². The molecule has 3 atom stereocenters. The van der Waals surface area contributed by atoms with Crippen molar-refractivity contribution in [2.24, 2.45) is 11.8 Å². The largest absolute Gasteiger partial charge is 0.376 e. The summed E-state index contributed by atoms with van der Waals surface area (Å²) in [5, 5.41) is 2.95. The normalized spacial score (nSPS) is 39.0. The molecule has 2 fully saturated rings. The predicted molar refractivity (Wildman–Crippen MR) is 49.2 cm³/mol. The summed E-state index contributed by atoms with van der Waals surface area (Å²) in [5.41, 5.74) is 0. The number of hydrogen-bond donors (Lipinski definition) is 1. The van der Waals surface area contributed by atoms with Crippen molar-refractivity contribution in [2.45, 2.75) is 38.8 Å². The van der Waals surface area contributed by atoms with Gasteiger partial charge in [-0.25, -0.2) is 0 Å². The van der Waals surface area contributed by atoms with Gasteiger partial charge in [-0.3, -0.25) is 4.79 Å². The number of ether oxygens (including phenoxy) is 1. The van der Waals surface area contributed by atoms with Gasteiger partial charge in [-0.2, -0.15) is 0 Å². The topological polar surface area (TPSA) is 38.3 Å². The maximum Gasteiger partial charge on any atom is 0.225 e. The number of β-lactam (4-membered cyclic amide) rings is 1. The molecule has 1 N–H and O–H groups in total. The van der Waals surface area contributed by atoms with E-state index in [0.29, 0.717) is 5.92 Å². The molecule has 0 aromatic carbocycles. The molecule has 0 radical (unpaired) electrons. The van der Waals surface area contributed by atoms with Crippen LogP contribution in [-0.4, -0.2) is 24.7 Å². The molecule has 0 aliphatic carbocycles. The summed E-state index contributed by atoms with van der Waals surface area (Å²) in [6.45, 7) is 5.07. The molecule has 2 rings (SSSR count). The SMILES string of the molecule is CC(C)C1C(=O)NC1C1CCCO1. The van der Waals surface area contributed by atoms with E-state index in [2.05, 4.69) is 19.2 Å². The van der Waals surface area contributed by atoms with Crippen molar-refractivity contribution in [1.29, 1.82) is 0 Å². The second kappa shape index (κ2) is 3.29. The lowest BCUT2D eigenvalue weighted by Gasteiger charge is -2.42. The van der Waals surface area contributed by atoms with E-state index in [1.165, 1.54) is 0 Å². The number of amides is 1. The van der Waals surface area contributed by atoms with Crippen molar-refractivity contribution in [3.8, 4) is 0 Å². The van der Waals surface area contributed by atoms with E-state index in [9.17, 15) is 4.79 Å². The minimum absolute atomic E-state index is 0.183. The Kier molecular flexibility index (Phi) is 2.28. The zero-order valence-corrected chi connectivity index (χ0v) is 8.25. The van der Waals surface area contributed by atoms with Crippen molar-refractivity contribution in [1.82, 2.24) is 5.32 Å². The van der Waals surface area contributed by atoms with Crippen LogP contribution in [-0.2, 0) is 9.53 Å². The molecular formula is C10H17NO2. The smallest absolute Gasteiger partial charge is 0.225 e. The van der Waals surface area contributed by atoms with Gasteiger partial charge in [-0.05, 0) is 18.8 Å². The Balaban J connectivity index is 1.97. The Bertz CT molecular complexity index is 209. The minimum atomic E-state index is 0.183. The molecule has 0 bridgehead atoms. The lowest BCUT2D eigenvalue weighted by atomic mass is 9.78. The number of carbonyl (C=O) groups excluding carboxylic acids is 1. The molecule has 3 unspecified atom stereocenters. The molecule has 2 saturated heterocycles. The first-order valence-electron chi connectivity index (χ1n) is 5.12. The fourth-order valence-electron chi connectivity index (χ4n) is 2.34. The predicted octanol–water partition coefficient (Wildman–Crippen LogP) is 0.936. The number of carbonyl (C=O) groups is 1. The van der Waals surface area contributed by atoms with Crippen LogP contribution in [0.1, 0.15) is 26.7 Å². The summed E-state index contributed by atoms with van der Waals surface area (Å²) in [7, 11) is 0. The van der Waals surface area contributed by atoms with Gasteiger partial charge >= 0.3 is 0 Å². The Morgan fingerprint density at radius 3 is 2.77 bits per heavy atom. The fraction of sp³-hybridized carbons (Fsp3) is 0.900.